The number of fused-ring (bicyclic) bond motifs is 2. The fourth-order valence-corrected chi connectivity index (χ4v) is 4.93. The summed E-state index contributed by atoms with van der Waals surface area (Å²) in [7, 11) is 0. The minimum atomic E-state index is -0.562. The monoisotopic (exact) mass is 472 g/mol. The molecule has 4 rings (SSSR count). The van der Waals surface area contributed by atoms with Crippen molar-refractivity contribution in [2.75, 3.05) is 6.54 Å². The number of H-pyrrole nitrogens is 1. The number of ketones is 1. The first kappa shape index (κ1) is 24.8. The van der Waals surface area contributed by atoms with Crippen LogP contribution in [0.5, 0.6) is 0 Å². The van der Waals surface area contributed by atoms with Crippen LogP contribution in [-0.4, -0.2) is 33.9 Å². The quantitative estimate of drug-likeness (QED) is 0.379. The summed E-state index contributed by atoms with van der Waals surface area (Å²) < 4.78 is 5.85. The van der Waals surface area contributed by atoms with E-state index in [9.17, 15) is 9.59 Å². The Balaban J connectivity index is 1.60. The highest BCUT2D eigenvalue weighted by Gasteiger charge is 2.33. The summed E-state index contributed by atoms with van der Waals surface area (Å²) in [5.74, 6) is 0.118. The van der Waals surface area contributed by atoms with Crippen LogP contribution in [0.1, 0.15) is 74.5 Å². The highest BCUT2D eigenvalue weighted by atomic mass is 16.6. The number of hydrogen-bond acceptors (Lipinski definition) is 3. The van der Waals surface area contributed by atoms with Crippen molar-refractivity contribution in [3.63, 3.8) is 0 Å². The zero-order valence-electron chi connectivity index (χ0n) is 21.5. The summed E-state index contributed by atoms with van der Waals surface area (Å²) in [5, 5.41) is 1.21. The van der Waals surface area contributed by atoms with Gasteiger partial charge in [0.05, 0.1) is 6.04 Å². The first-order chi connectivity index (χ1) is 16.7. The summed E-state index contributed by atoms with van der Waals surface area (Å²) in [6.45, 7) is 10.3. The van der Waals surface area contributed by atoms with Crippen LogP contribution in [0.25, 0.3) is 17.0 Å². The molecule has 1 heterocycles. The van der Waals surface area contributed by atoms with Crippen LogP contribution in [0.15, 0.2) is 48.5 Å². The van der Waals surface area contributed by atoms with Crippen molar-refractivity contribution in [1.82, 2.24) is 9.88 Å². The molecule has 1 atom stereocenters. The Morgan fingerprint density at radius 3 is 2.69 bits per heavy atom. The normalized spacial score (nSPS) is 15.5. The molecule has 0 saturated carbocycles. The molecular weight excluding hydrogens is 436 g/mol. The minimum absolute atomic E-state index is 0.0272. The van der Waals surface area contributed by atoms with Crippen LogP contribution in [-0.2, 0) is 22.4 Å². The second-order valence-corrected chi connectivity index (χ2v) is 10.4. The van der Waals surface area contributed by atoms with Crippen molar-refractivity contribution in [1.29, 1.82) is 0 Å². The Morgan fingerprint density at radius 1 is 1.17 bits per heavy atom. The molecule has 0 aliphatic heterocycles. The molecule has 0 saturated heterocycles. The first-order valence-electron chi connectivity index (χ1n) is 12.6. The van der Waals surface area contributed by atoms with Crippen molar-refractivity contribution < 1.29 is 14.3 Å². The van der Waals surface area contributed by atoms with Gasteiger partial charge in [0.15, 0.2) is 5.78 Å². The topological polar surface area (TPSA) is 62.4 Å². The number of aromatic amines is 1. The lowest BCUT2D eigenvalue weighted by molar-refractivity contribution is -0.114. The molecule has 0 spiro atoms. The van der Waals surface area contributed by atoms with Gasteiger partial charge in [0.2, 0.25) is 0 Å². The molecule has 0 fully saturated rings. The predicted octanol–water partition coefficient (Wildman–Crippen LogP) is 6.94. The van der Waals surface area contributed by atoms with Gasteiger partial charge in [-0.2, -0.15) is 0 Å². The average molecular weight is 473 g/mol. The van der Waals surface area contributed by atoms with Crippen molar-refractivity contribution in [3.8, 4) is 0 Å². The molecule has 184 valence electrons. The number of amides is 1. The molecule has 1 aliphatic carbocycles. The Kier molecular flexibility index (Phi) is 7.15. The lowest BCUT2D eigenvalue weighted by Gasteiger charge is -2.32. The predicted molar refractivity (Wildman–Crippen MR) is 142 cm³/mol. The molecule has 5 heteroatoms. The SMILES string of the molecule is CCC(=O)/C=C/c1ccc2c(c1)CCC2N(CCc1c(C)[nH]c2ccccc12)C(=O)OC(C)(C)C. The van der Waals surface area contributed by atoms with E-state index in [2.05, 4.69) is 42.2 Å². The maximum absolute atomic E-state index is 13.4. The molecule has 1 N–H and O–H groups in total. The first-order valence-corrected chi connectivity index (χ1v) is 12.6. The highest BCUT2D eigenvalue weighted by Crippen LogP contribution is 2.37. The van der Waals surface area contributed by atoms with Gasteiger partial charge in [0.1, 0.15) is 5.60 Å². The number of rotatable bonds is 7. The lowest BCUT2D eigenvalue weighted by atomic mass is 10.0. The highest BCUT2D eigenvalue weighted by molar-refractivity contribution is 5.93. The molecule has 2 aromatic carbocycles. The summed E-state index contributed by atoms with van der Waals surface area (Å²) >= 11 is 0. The molecule has 35 heavy (non-hydrogen) atoms. The van der Waals surface area contributed by atoms with Crippen molar-refractivity contribution >= 4 is 28.9 Å². The molecule has 1 aliphatic rings. The van der Waals surface area contributed by atoms with Crippen LogP contribution in [0.4, 0.5) is 4.79 Å². The third kappa shape index (κ3) is 5.67. The smallest absolute Gasteiger partial charge is 0.410 e. The molecule has 0 bridgehead atoms. The molecule has 5 nitrogen and oxygen atoms in total. The van der Waals surface area contributed by atoms with E-state index in [-0.39, 0.29) is 17.9 Å². The van der Waals surface area contributed by atoms with Gasteiger partial charge in [-0.15, -0.1) is 0 Å². The van der Waals surface area contributed by atoms with E-state index >= 15 is 0 Å². The van der Waals surface area contributed by atoms with E-state index in [0.717, 1.165) is 36.0 Å². The zero-order valence-corrected chi connectivity index (χ0v) is 21.5. The number of carbonyl (C=O) groups is 2. The number of para-hydroxylation sites is 1. The Hall–Kier alpha value is -3.34. The number of benzene rings is 2. The maximum atomic E-state index is 13.4. The third-order valence-corrected chi connectivity index (χ3v) is 6.66. The number of aromatic nitrogens is 1. The van der Waals surface area contributed by atoms with E-state index in [1.165, 1.54) is 22.1 Å². The largest absolute Gasteiger partial charge is 0.444 e. The van der Waals surface area contributed by atoms with Crippen LogP contribution in [0, 0.1) is 6.92 Å². The molecule has 1 amide bonds. The summed E-state index contributed by atoms with van der Waals surface area (Å²) in [5.41, 5.74) is 6.37. The third-order valence-electron chi connectivity index (χ3n) is 6.66. The fourth-order valence-electron chi connectivity index (χ4n) is 4.93. The van der Waals surface area contributed by atoms with E-state index in [4.69, 9.17) is 4.74 Å². The number of carbonyl (C=O) groups excluding carboxylic acids is 2. The summed E-state index contributed by atoms with van der Waals surface area (Å²) in [4.78, 5) is 30.4. The Morgan fingerprint density at radius 2 is 1.94 bits per heavy atom. The number of aryl methyl sites for hydroxylation is 2. The number of nitrogens with one attached hydrogen (secondary N) is 1. The number of allylic oxidation sites excluding steroid dienone is 1. The standard InChI is InChI=1S/C30H36N2O3/c1-6-23(33)14-11-21-12-15-25-22(19-21)13-16-28(25)32(29(34)35-30(3,4)5)18-17-24-20(2)31-27-10-8-7-9-26(24)27/h7-12,14-15,19,28,31H,6,13,16-18H2,1-5H3/b14-11+. The van der Waals surface area contributed by atoms with Crippen molar-refractivity contribution in [3.05, 3.63) is 76.5 Å². The second-order valence-electron chi connectivity index (χ2n) is 10.4. The van der Waals surface area contributed by atoms with Crippen LogP contribution < -0.4 is 0 Å². The van der Waals surface area contributed by atoms with Gasteiger partial charge in [0.25, 0.3) is 0 Å². The van der Waals surface area contributed by atoms with E-state index < -0.39 is 5.60 Å². The van der Waals surface area contributed by atoms with Crippen LogP contribution >= 0.6 is 0 Å². The molecule has 0 radical (unpaired) electrons. The molecule has 1 unspecified atom stereocenters. The van der Waals surface area contributed by atoms with Gasteiger partial charge >= 0.3 is 6.09 Å². The number of ether oxygens (including phenoxy) is 1. The Labute approximate surface area is 208 Å². The average Bonchev–Trinajstić information content (AvgIpc) is 3.36. The lowest BCUT2D eigenvalue weighted by Crippen LogP contribution is -2.40. The second kappa shape index (κ2) is 10.1. The minimum Gasteiger partial charge on any atom is -0.444 e. The van der Waals surface area contributed by atoms with Gasteiger partial charge in [-0.1, -0.05) is 49.4 Å². The van der Waals surface area contributed by atoms with Gasteiger partial charge in [-0.25, -0.2) is 4.79 Å². The number of hydrogen-bond donors (Lipinski definition) is 1. The molecule has 3 aromatic rings. The van der Waals surface area contributed by atoms with Crippen LogP contribution in [0.2, 0.25) is 0 Å². The molecular formula is C30H36N2O3. The van der Waals surface area contributed by atoms with Gasteiger partial charge in [0, 0.05) is 29.6 Å². The molecule has 1 aromatic heterocycles. The van der Waals surface area contributed by atoms with E-state index in [0.29, 0.717) is 13.0 Å². The van der Waals surface area contributed by atoms with Crippen molar-refractivity contribution in [2.24, 2.45) is 0 Å². The van der Waals surface area contributed by atoms with Gasteiger partial charge < -0.3 is 14.6 Å². The van der Waals surface area contributed by atoms with E-state index in [1.807, 2.05) is 50.8 Å². The van der Waals surface area contributed by atoms with Crippen LogP contribution in [0.3, 0.4) is 0 Å². The summed E-state index contributed by atoms with van der Waals surface area (Å²) in [6, 6.07) is 14.6. The Bertz CT molecular complexity index is 1260. The summed E-state index contributed by atoms with van der Waals surface area (Å²) in [6.07, 6.45) is 6.27. The number of nitrogens with zero attached hydrogens (tertiary/aromatic N) is 1. The van der Waals surface area contributed by atoms with Crippen molar-refractivity contribution in [2.45, 2.75) is 71.9 Å². The van der Waals surface area contributed by atoms with E-state index in [1.54, 1.807) is 6.08 Å². The van der Waals surface area contributed by atoms with Gasteiger partial charge in [-0.3, -0.25) is 4.79 Å². The van der Waals surface area contributed by atoms with Gasteiger partial charge in [-0.05, 0) is 81.4 Å². The maximum Gasteiger partial charge on any atom is 0.410 e. The zero-order chi connectivity index (χ0) is 25.2. The fraction of sp³-hybridized carbons (Fsp3) is 0.400.